The zero-order chi connectivity index (χ0) is 24.1. The number of aryl methyl sites for hydroxylation is 2. The van der Waals surface area contributed by atoms with Crippen molar-refractivity contribution in [3.05, 3.63) is 64.4 Å². The molecular weight excluding hydrogens is 446 g/mol. The highest BCUT2D eigenvalue weighted by atomic mass is 35.5. The third kappa shape index (κ3) is 6.10. The van der Waals surface area contributed by atoms with Gasteiger partial charge in [0, 0.05) is 30.2 Å². The van der Waals surface area contributed by atoms with Crippen LogP contribution in [0.15, 0.2) is 42.7 Å². The number of aliphatic carboxylic acids is 2. The lowest BCUT2D eigenvalue weighted by atomic mass is 9.96. The van der Waals surface area contributed by atoms with Crippen LogP contribution in [0.25, 0.3) is 11.0 Å². The normalized spacial score (nSPS) is 14.0. The van der Waals surface area contributed by atoms with Crippen LogP contribution in [0.2, 0.25) is 5.02 Å². The Labute approximate surface area is 196 Å². The molecule has 1 aliphatic rings. The number of carbonyl (C=O) groups is 3. The number of aromatic nitrogens is 2. The van der Waals surface area contributed by atoms with Crippen molar-refractivity contribution in [2.75, 3.05) is 13.1 Å². The van der Waals surface area contributed by atoms with Crippen molar-refractivity contribution in [3.8, 4) is 0 Å². The highest BCUT2D eigenvalue weighted by Crippen LogP contribution is 2.24. The molecule has 1 amide bonds. The molecule has 0 unspecified atom stereocenters. The molecule has 1 aromatic heterocycles. The molecule has 8 nitrogen and oxygen atoms in total. The molecule has 1 saturated heterocycles. The van der Waals surface area contributed by atoms with Crippen molar-refractivity contribution < 1.29 is 24.6 Å². The van der Waals surface area contributed by atoms with E-state index in [4.69, 9.17) is 31.4 Å². The lowest BCUT2D eigenvalue weighted by molar-refractivity contribution is -0.159. The molecule has 4 rings (SSSR count). The zero-order valence-corrected chi connectivity index (χ0v) is 19.2. The summed E-state index contributed by atoms with van der Waals surface area (Å²) in [5.41, 5.74) is 5.52. The summed E-state index contributed by atoms with van der Waals surface area (Å²) in [6.45, 7) is 6.81. The van der Waals surface area contributed by atoms with Crippen LogP contribution in [-0.4, -0.2) is 55.6 Å². The van der Waals surface area contributed by atoms with Gasteiger partial charge in [-0.1, -0.05) is 17.7 Å². The molecular formula is C24H26ClN3O5. The fourth-order valence-electron chi connectivity index (χ4n) is 3.86. The second-order valence-electron chi connectivity index (χ2n) is 8.18. The number of imidazole rings is 1. The Morgan fingerprint density at radius 2 is 1.67 bits per heavy atom. The van der Waals surface area contributed by atoms with Crippen LogP contribution in [0.5, 0.6) is 0 Å². The summed E-state index contributed by atoms with van der Waals surface area (Å²) in [4.78, 5) is 37.4. The Morgan fingerprint density at radius 3 is 2.27 bits per heavy atom. The maximum atomic E-state index is 12.7. The largest absolute Gasteiger partial charge is 0.473 e. The molecule has 0 radical (unpaired) electrons. The SMILES string of the molecule is Cc1cc2ncn(CC3CCN(C(=O)c4cccc(Cl)c4)CC3)c2cc1C.O=C(O)C(=O)O. The lowest BCUT2D eigenvalue weighted by Gasteiger charge is -2.32. The number of nitrogens with zero attached hydrogens (tertiary/aromatic N) is 3. The number of halogens is 1. The first kappa shape index (κ1) is 24.3. The van der Waals surface area contributed by atoms with Gasteiger partial charge in [-0.25, -0.2) is 14.6 Å². The molecule has 2 heterocycles. The third-order valence-corrected chi connectivity index (χ3v) is 6.08. The maximum absolute atomic E-state index is 12.7. The van der Waals surface area contributed by atoms with E-state index < -0.39 is 11.9 Å². The molecule has 1 fully saturated rings. The summed E-state index contributed by atoms with van der Waals surface area (Å²) < 4.78 is 2.26. The number of rotatable bonds is 3. The van der Waals surface area contributed by atoms with Gasteiger partial charge in [-0.05, 0) is 74.1 Å². The Hall–Kier alpha value is -3.39. The van der Waals surface area contributed by atoms with E-state index in [0.717, 1.165) is 38.0 Å². The second-order valence-corrected chi connectivity index (χ2v) is 8.61. The minimum atomic E-state index is -1.82. The number of fused-ring (bicyclic) bond motifs is 1. The van der Waals surface area contributed by atoms with Gasteiger partial charge in [0.1, 0.15) is 0 Å². The molecule has 2 aromatic carbocycles. The quantitative estimate of drug-likeness (QED) is 0.558. The predicted molar refractivity (Wildman–Crippen MR) is 125 cm³/mol. The third-order valence-electron chi connectivity index (χ3n) is 5.85. The van der Waals surface area contributed by atoms with Crippen molar-refractivity contribution in [3.63, 3.8) is 0 Å². The van der Waals surface area contributed by atoms with Crippen LogP contribution in [0.3, 0.4) is 0 Å². The van der Waals surface area contributed by atoms with E-state index in [1.807, 2.05) is 23.4 Å². The van der Waals surface area contributed by atoms with Gasteiger partial charge in [0.25, 0.3) is 5.91 Å². The van der Waals surface area contributed by atoms with E-state index in [1.54, 1.807) is 12.1 Å². The van der Waals surface area contributed by atoms with Gasteiger partial charge in [-0.2, -0.15) is 0 Å². The van der Waals surface area contributed by atoms with E-state index in [-0.39, 0.29) is 5.91 Å². The van der Waals surface area contributed by atoms with E-state index in [9.17, 15) is 4.79 Å². The molecule has 174 valence electrons. The molecule has 0 aliphatic carbocycles. The first-order valence-electron chi connectivity index (χ1n) is 10.6. The van der Waals surface area contributed by atoms with Gasteiger partial charge in [-0.15, -0.1) is 0 Å². The monoisotopic (exact) mass is 471 g/mol. The second kappa shape index (κ2) is 10.5. The van der Waals surface area contributed by atoms with E-state index in [0.29, 0.717) is 16.5 Å². The summed E-state index contributed by atoms with van der Waals surface area (Å²) in [6, 6.07) is 11.6. The van der Waals surface area contributed by atoms with Crippen LogP contribution in [-0.2, 0) is 16.1 Å². The summed E-state index contributed by atoms with van der Waals surface area (Å²) in [6.07, 6.45) is 3.97. The zero-order valence-electron chi connectivity index (χ0n) is 18.5. The topological polar surface area (TPSA) is 113 Å². The molecule has 9 heteroatoms. The first-order valence-corrected chi connectivity index (χ1v) is 11.0. The standard InChI is InChI=1S/C22H24ClN3O.C2H2O4/c1-15-10-20-21(11-16(15)2)26(14-24-20)13-17-6-8-25(9-7-17)22(27)18-4-3-5-19(23)12-18;3-1(4)2(5)6/h3-5,10-12,14,17H,6-9,13H2,1-2H3;(H,3,4)(H,5,6). The fourth-order valence-corrected chi connectivity index (χ4v) is 4.05. The summed E-state index contributed by atoms with van der Waals surface area (Å²) in [5, 5.41) is 15.4. The van der Waals surface area contributed by atoms with Crippen molar-refractivity contribution in [1.82, 2.24) is 14.5 Å². The predicted octanol–water partition coefficient (Wildman–Crippen LogP) is 4.01. The first-order chi connectivity index (χ1) is 15.7. The summed E-state index contributed by atoms with van der Waals surface area (Å²) in [7, 11) is 0. The van der Waals surface area contributed by atoms with Crippen LogP contribution in [0, 0.1) is 19.8 Å². The number of carboxylic acid groups (broad SMARTS) is 2. The van der Waals surface area contributed by atoms with Gasteiger partial charge < -0.3 is 19.7 Å². The number of amides is 1. The number of hydrogen-bond donors (Lipinski definition) is 2. The molecule has 0 bridgehead atoms. The average Bonchev–Trinajstić information content (AvgIpc) is 3.15. The Balaban J connectivity index is 0.000000454. The Kier molecular flexibility index (Phi) is 7.71. The van der Waals surface area contributed by atoms with E-state index in [1.165, 1.54) is 16.6 Å². The van der Waals surface area contributed by atoms with Crippen LogP contribution < -0.4 is 0 Å². The summed E-state index contributed by atoms with van der Waals surface area (Å²) in [5.74, 6) is -3.01. The number of hydrogen-bond acceptors (Lipinski definition) is 4. The van der Waals surface area contributed by atoms with Crippen LogP contribution in [0.1, 0.15) is 34.3 Å². The molecule has 0 saturated carbocycles. The van der Waals surface area contributed by atoms with Gasteiger partial charge in [-0.3, -0.25) is 4.79 Å². The van der Waals surface area contributed by atoms with Crippen molar-refractivity contribution in [2.24, 2.45) is 5.92 Å². The Bertz CT molecular complexity index is 1170. The van der Waals surface area contributed by atoms with Gasteiger partial charge in [0.2, 0.25) is 0 Å². The smallest absolute Gasteiger partial charge is 0.414 e. The number of benzene rings is 2. The minimum absolute atomic E-state index is 0.0788. The molecule has 33 heavy (non-hydrogen) atoms. The number of carbonyl (C=O) groups excluding carboxylic acids is 1. The highest BCUT2D eigenvalue weighted by Gasteiger charge is 2.24. The van der Waals surface area contributed by atoms with Crippen LogP contribution in [0.4, 0.5) is 0 Å². The highest BCUT2D eigenvalue weighted by molar-refractivity contribution is 6.31. The Morgan fingerprint density at radius 1 is 1.03 bits per heavy atom. The maximum Gasteiger partial charge on any atom is 0.414 e. The van der Waals surface area contributed by atoms with Gasteiger partial charge in [0.15, 0.2) is 0 Å². The minimum Gasteiger partial charge on any atom is -0.473 e. The molecule has 0 atom stereocenters. The van der Waals surface area contributed by atoms with Gasteiger partial charge in [0.05, 0.1) is 17.4 Å². The number of piperidine rings is 1. The molecule has 2 N–H and O–H groups in total. The summed E-state index contributed by atoms with van der Waals surface area (Å²) >= 11 is 6.02. The number of carboxylic acids is 2. The van der Waals surface area contributed by atoms with Crippen molar-refractivity contribution >= 4 is 40.5 Å². The van der Waals surface area contributed by atoms with Gasteiger partial charge >= 0.3 is 11.9 Å². The molecule has 1 aliphatic heterocycles. The molecule has 3 aromatic rings. The fraction of sp³-hybridized carbons (Fsp3) is 0.333. The average molecular weight is 472 g/mol. The molecule has 0 spiro atoms. The lowest BCUT2D eigenvalue weighted by Crippen LogP contribution is -2.39. The number of likely N-dealkylation sites (tertiary alicyclic amines) is 1. The van der Waals surface area contributed by atoms with E-state index in [2.05, 4.69) is 35.5 Å². The van der Waals surface area contributed by atoms with Crippen LogP contribution >= 0.6 is 11.6 Å². The van der Waals surface area contributed by atoms with Crippen molar-refractivity contribution in [2.45, 2.75) is 33.2 Å². The van der Waals surface area contributed by atoms with E-state index >= 15 is 0 Å². The van der Waals surface area contributed by atoms with Crippen molar-refractivity contribution in [1.29, 1.82) is 0 Å².